The standard InChI is InChI=1S/C37H49F2NO9SSi/c1-37(2,3)51(4,5)49-30(23-6-11-26(38)12-7-23)19-10-25-20-40(28-15-13-27(39)14-16-28)33(25)24-8-17-29(18-9-24)48-50(45,46)22-32-35(43)36(44)34(42)31(21-41)47-32/h6-9,11-18,25,30-36,41-44H,10,19-22H2,1-5H3/t25-,30-,31+,32-,33+,34+,35-,36-/m0/s1. The summed E-state index contributed by atoms with van der Waals surface area (Å²) in [7, 11) is -6.54. The van der Waals surface area contributed by atoms with Crippen molar-refractivity contribution in [3.05, 3.63) is 95.6 Å². The highest BCUT2D eigenvalue weighted by molar-refractivity contribution is 7.87. The molecule has 0 spiro atoms. The molecular formula is C37H49F2NO9SSi. The average molecular weight is 750 g/mol. The van der Waals surface area contributed by atoms with Gasteiger partial charge in [0.05, 0.1) is 18.8 Å². The molecule has 2 saturated heterocycles. The van der Waals surface area contributed by atoms with Crippen LogP contribution in [-0.4, -0.2) is 86.6 Å². The molecule has 51 heavy (non-hydrogen) atoms. The Morgan fingerprint density at radius 2 is 1.45 bits per heavy atom. The number of hydrogen-bond acceptors (Lipinski definition) is 10. The van der Waals surface area contributed by atoms with Crippen molar-refractivity contribution in [2.75, 3.05) is 23.8 Å². The summed E-state index contributed by atoms with van der Waals surface area (Å²) < 4.78 is 71.2. The number of aliphatic hydroxyl groups excluding tert-OH is 4. The lowest BCUT2D eigenvalue weighted by Crippen LogP contribution is -2.60. The molecule has 2 aliphatic heterocycles. The van der Waals surface area contributed by atoms with Gasteiger partial charge >= 0.3 is 10.1 Å². The molecule has 0 amide bonds. The molecule has 3 aromatic rings. The van der Waals surface area contributed by atoms with E-state index in [1.54, 1.807) is 36.4 Å². The number of ether oxygens (including phenoxy) is 1. The Kier molecular flexibility index (Phi) is 12.0. The maximum absolute atomic E-state index is 13.9. The molecule has 4 N–H and O–H groups in total. The van der Waals surface area contributed by atoms with Crippen LogP contribution in [0, 0.1) is 17.6 Å². The fourth-order valence-electron chi connectivity index (χ4n) is 6.47. The minimum absolute atomic E-state index is 0.0201. The lowest BCUT2D eigenvalue weighted by Gasteiger charge is -2.51. The Morgan fingerprint density at radius 3 is 2.02 bits per heavy atom. The van der Waals surface area contributed by atoms with Gasteiger partial charge in [-0.25, -0.2) is 8.78 Å². The van der Waals surface area contributed by atoms with E-state index >= 15 is 0 Å². The van der Waals surface area contributed by atoms with E-state index in [9.17, 15) is 37.6 Å². The van der Waals surface area contributed by atoms with Gasteiger partial charge in [0.15, 0.2) is 8.32 Å². The Labute approximate surface area is 299 Å². The van der Waals surface area contributed by atoms with Crippen molar-refractivity contribution in [1.29, 1.82) is 0 Å². The van der Waals surface area contributed by atoms with Crippen LogP contribution in [0.25, 0.3) is 0 Å². The summed E-state index contributed by atoms with van der Waals surface area (Å²) in [6, 6.07) is 19.2. The second-order valence-electron chi connectivity index (χ2n) is 15.1. The first kappa shape index (κ1) is 39.3. The minimum atomic E-state index is -4.35. The van der Waals surface area contributed by atoms with Crippen LogP contribution >= 0.6 is 0 Å². The largest absolute Gasteiger partial charge is 0.410 e. The number of aliphatic hydroxyl groups is 4. The maximum Gasteiger partial charge on any atom is 0.311 e. The number of benzene rings is 3. The lowest BCUT2D eigenvalue weighted by molar-refractivity contribution is -0.223. The third-order valence-corrected chi connectivity index (χ3v) is 16.1. The van der Waals surface area contributed by atoms with Crippen LogP contribution in [0.15, 0.2) is 72.8 Å². The molecule has 0 bridgehead atoms. The van der Waals surface area contributed by atoms with Crippen molar-refractivity contribution in [1.82, 2.24) is 0 Å². The van der Waals surface area contributed by atoms with E-state index < -0.39 is 61.3 Å². The second-order valence-corrected chi connectivity index (χ2v) is 21.4. The summed E-state index contributed by atoms with van der Waals surface area (Å²) in [5.41, 5.74) is 2.64. The lowest BCUT2D eigenvalue weighted by atomic mass is 9.79. The number of hydrogen-bond donors (Lipinski definition) is 4. The van der Waals surface area contributed by atoms with Gasteiger partial charge in [-0.3, -0.25) is 0 Å². The summed E-state index contributed by atoms with van der Waals surface area (Å²) in [5.74, 6) is -1.31. The third-order valence-electron chi connectivity index (χ3n) is 10.5. The third kappa shape index (κ3) is 9.17. The van der Waals surface area contributed by atoms with E-state index in [0.29, 0.717) is 13.0 Å². The highest BCUT2D eigenvalue weighted by Crippen LogP contribution is 2.47. The maximum atomic E-state index is 13.9. The number of anilines is 1. The van der Waals surface area contributed by atoms with E-state index in [4.69, 9.17) is 13.3 Å². The van der Waals surface area contributed by atoms with Crippen molar-refractivity contribution in [3.63, 3.8) is 0 Å². The molecule has 8 atom stereocenters. The topological polar surface area (TPSA) is 146 Å². The van der Waals surface area contributed by atoms with Crippen LogP contribution in [0.3, 0.4) is 0 Å². The minimum Gasteiger partial charge on any atom is -0.410 e. The molecule has 0 aliphatic carbocycles. The van der Waals surface area contributed by atoms with E-state index in [1.165, 1.54) is 36.4 Å². The SMILES string of the molecule is CC(C)(C)[Si](C)(C)O[C@@H](CC[C@H]1CN(c2ccc(F)cc2)[C@@H]1c1ccc(OS(=O)(=O)C[C@@H]2O[C@H](CO)[C@@H](O)[C@H](O)[C@H]2O)cc1)c1ccc(F)cc1. The highest BCUT2D eigenvalue weighted by atomic mass is 32.2. The highest BCUT2D eigenvalue weighted by Gasteiger charge is 2.46. The van der Waals surface area contributed by atoms with E-state index in [0.717, 1.165) is 23.2 Å². The monoisotopic (exact) mass is 749 g/mol. The van der Waals surface area contributed by atoms with Crippen molar-refractivity contribution in [3.8, 4) is 5.75 Å². The normalized spacial score (nSPS) is 26.4. The molecular weight excluding hydrogens is 701 g/mol. The Bertz CT molecular complexity index is 1700. The first-order valence-electron chi connectivity index (χ1n) is 17.2. The van der Waals surface area contributed by atoms with Crippen LogP contribution < -0.4 is 9.08 Å². The zero-order chi connectivity index (χ0) is 37.3. The quantitative estimate of drug-likeness (QED) is 0.135. The molecule has 0 unspecified atom stereocenters. The molecule has 0 radical (unpaired) electrons. The van der Waals surface area contributed by atoms with E-state index in [2.05, 4.69) is 38.8 Å². The number of rotatable bonds is 13. The van der Waals surface area contributed by atoms with Gasteiger partial charge in [-0.1, -0.05) is 45.0 Å². The van der Waals surface area contributed by atoms with Crippen molar-refractivity contribution in [2.45, 2.75) is 94.4 Å². The molecule has 3 aromatic carbocycles. The predicted octanol–water partition coefficient (Wildman–Crippen LogP) is 5.24. The Balaban J connectivity index is 1.33. The van der Waals surface area contributed by atoms with Crippen LogP contribution in [-0.2, 0) is 19.3 Å². The van der Waals surface area contributed by atoms with Gasteiger partial charge in [-0.15, -0.1) is 0 Å². The molecule has 14 heteroatoms. The van der Waals surface area contributed by atoms with Crippen LogP contribution in [0.5, 0.6) is 5.75 Å². The van der Waals surface area contributed by atoms with Crippen LogP contribution in [0.4, 0.5) is 14.5 Å². The second kappa shape index (κ2) is 15.6. The summed E-state index contributed by atoms with van der Waals surface area (Å²) in [6.45, 7) is 10.9. The van der Waals surface area contributed by atoms with Crippen molar-refractivity contribution < 1.29 is 51.0 Å². The fraction of sp³-hybridized carbons (Fsp3) is 0.514. The molecule has 10 nitrogen and oxygen atoms in total. The van der Waals surface area contributed by atoms with E-state index in [-0.39, 0.29) is 40.5 Å². The van der Waals surface area contributed by atoms with Crippen LogP contribution in [0.1, 0.15) is 56.9 Å². The smallest absolute Gasteiger partial charge is 0.311 e. The van der Waals surface area contributed by atoms with Gasteiger partial charge in [-0.05, 0) is 90.6 Å². The summed E-state index contributed by atoms with van der Waals surface area (Å²) >= 11 is 0. The molecule has 0 saturated carbocycles. The molecule has 2 fully saturated rings. The van der Waals surface area contributed by atoms with E-state index in [1.807, 2.05) is 0 Å². The van der Waals surface area contributed by atoms with Gasteiger partial charge in [0.1, 0.15) is 53.7 Å². The first-order chi connectivity index (χ1) is 23.9. The average Bonchev–Trinajstić information content (AvgIpc) is 3.05. The zero-order valence-corrected chi connectivity index (χ0v) is 31.3. The Hall–Kier alpha value is -2.95. The summed E-state index contributed by atoms with van der Waals surface area (Å²) in [6.07, 6.45) is -6.50. The van der Waals surface area contributed by atoms with Gasteiger partial charge < -0.3 is 38.7 Å². The summed E-state index contributed by atoms with van der Waals surface area (Å²) in [4.78, 5) is 2.16. The molecule has 0 aromatic heterocycles. The zero-order valence-electron chi connectivity index (χ0n) is 29.5. The molecule has 280 valence electrons. The van der Waals surface area contributed by atoms with Gasteiger partial charge in [0.2, 0.25) is 0 Å². The number of halogens is 2. The van der Waals surface area contributed by atoms with Crippen molar-refractivity contribution >= 4 is 24.1 Å². The first-order valence-corrected chi connectivity index (χ1v) is 21.7. The van der Waals surface area contributed by atoms with Gasteiger partial charge in [-0.2, -0.15) is 8.42 Å². The fourth-order valence-corrected chi connectivity index (χ4v) is 8.94. The Morgan fingerprint density at radius 1 is 0.882 bits per heavy atom. The van der Waals surface area contributed by atoms with Gasteiger partial charge in [0, 0.05) is 18.2 Å². The summed E-state index contributed by atoms with van der Waals surface area (Å²) in [5, 5.41) is 39.8. The van der Waals surface area contributed by atoms with Gasteiger partial charge in [0.25, 0.3) is 0 Å². The van der Waals surface area contributed by atoms with Crippen molar-refractivity contribution in [2.24, 2.45) is 5.92 Å². The molecule has 2 aliphatic rings. The molecule has 2 heterocycles. The molecule has 5 rings (SSSR count). The van der Waals surface area contributed by atoms with Crippen LogP contribution in [0.2, 0.25) is 18.1 Å². The predicted molar refractivity (Wildman–Crippen MR) is 191 cm³/mol. The number of nitrogens with zero attached hydrogens (tertiary/aromatic N) is 1.